The van der Waals surface area contributed by atoms with Crippen LogP contribution in [0.2, 0.25) is 0 Å². The van der Waals surface area contributed by atoms with E-state index in [-0.39, 0.29) is 12.0 Å². The fourth-order valence-corrected chi connectivity index (χ4v) is 3.25. The van der Waals surface area contributed by atoms with Gasteiger partial charge in [-0.3, -0.25) is 4.79 Å². The number of hydrogen-bond donors (Lipinski definition) is 0. The molecule has 26 heavy (non-hydrogen) atoms. The normalized spacial score (nSPS) is 19.5. The molecule has 136 valence electrons. The van der Waals surface area contributed by atoms with Gasteiger partial charge in [-0.15, -0.1) is 0 Å². The topological polar surface area (TPSA) is 38.8 Å². The number of rotatable bonds is 7. The summed E-state index contributed by atoms with van der Waals surface area (Å²) in [6.07, 6.45) is 3.72. The van der Waals surface area contributed by atoms with E-state index in [4.69, 9.17) is 9.47 Å². The van der Waals surface area contributed by atoms with Crippen LogP contribution in [0.25, 0.3) is 0 Å². The SMILES string of the molecule is O=C(c1cccc(OCc2ccccc2)c1)N1CC[C@H](OCC2CC2)C1. The highest BCUT2D eigenvalue weighted by molar-refractivity contribution is 5.94. The molecule has 4 rings (SSSR count). The summed E-state index contributed by atoms with van der Waals surface area (Å²) in [6.45, 7) is 2.82. The van der Waals surface area contributed by atoms with E-state index < -0.39 is 0 Å². The second-order valence-electron chi connectivity index (χ2n) is 7.24. The van der Waals surface area contributed by atoms with Crippen LogP contribution in [0.5, 0.6) is 5.75 Å². The Morgan fingerprint density at radius 1 is 1.04 bits per heavy atom. The minimum Gasteiger partial charge on any atom is -0.489 e. The molecule has 0 radical (unpaired) electrons. The average Bonchev–Trinajstić information content (AvgIpc) is 3.41. The molecule has 1 saturated carbocycles. The molecule has 0 unspecified atom stereocenters. The first kappa shape index (κ1) is 17.1. The third-order valence-electron chi connectivity index (χ3n) is 5.03. The Labute approximate surface area is 154 Å². The van der Waals surface area contributed by atoms with Crippen LogP contribution < -0.4 is 4.74 Å². The Kier molecular flexibility index (Phi) is 5.21. The lowest BCUT2D eigenvalue weighted by atomic mass is 10.2. The molecule has 2 aliphatic rings. The van der Waals surface area contributed by atoms with Crippen molar-refractivity contribution in [3.8, 4) is 5.75 Å². The first-order valence-corrected chi connectivity index (χ1v) is 9.45. The first-order chi connectivity index (χ1) is 12.8. The molecule has 2 fully saturated rings. The molecule has 1 amide bonds. The van der Waals surface area contributed by atoms with Crippen molar-refractivity contribution in [3.05, 3.63) is 65.7 Å². The zero-order valence-corrected chi connectivity index (χ0v) is 15.0. The minimum absolute atomic E-state index is 0.0627. The summed E-state index contributed by atoms with van der Waals surface area (Å²) in [5.74, 6) is 1.55. The number of carbonyl (C=O) groups is 1. The van der Waals surface area contributed by atoms with Crippen molar-refractivity contribution in [1.29, 1.82) is 0 Å². The summed E-state index contributed by atoms with van der Waals surface area (Å²) >= 11 is 0. The Morgan fingerprint density at radius 3 is 2.69 bits per heavy atom. The lowest BCUT2D eigenvalue weighted by molar-refractivity contribution is 0.0480. The van der Waals surface area contributed by atoms with E-state index in [0.29, 0.717) is 18.7 Å². The van der Waals surface area contributed by atoms with E-state index in [9.17, 15) is 4.79 Å². The summed E-state index contributed by atoms with van der Waals surface area (Å²) < 4.78 is 11.8. The van der Waals surface area contributed by atoms with Crippen molar-refractivity contribution in [2.45, 2.75) is 32.0 Å². The molecule has 1 aliphatic heterocycles. The van der Waals surface area contributed by atoms with E-state index in [1.807, 2.05) is 59.5 Å². The Bertz CT molecular complexity index is 742. The standard InChI is InChI=1S/C22H25NO3/c24-22(23-12-11-21(14-23)26-16-18-9-10-18)19-7-4-8-20(13-19)25-15-17-5-2-1-3-6-17/h1-8,13,18,21H,9-12,14-16H2/t21-/m0/s1. The number of nitrogens with zero attached hydrogens (tertiary/aromatic N) is 1. The first-order valence-electron chi connectivity index (χ1n) is 9.45. The molecular formula is C22H25NO3. The predicted molar refractivity (Wildman–Crippen MR) is 100 cm³/mol. The number of ether oxygens (including phenoxy) is 2. The Hall–Kier alpha value is -2.33. The van der Waals surface area contributed by atoms with Crippen LogP contribution >= 0.6 is 0 Å². The fourth-order valence-electron chi connectivity index (χ4n) is 3.25. The van der Waals surface area contributed by atoms with Gasteiger partial charge in [0.15, 0.2) is 0 Å². The number of carbonyl (C=O) groups excluding carboxylic acids is 1. The van der Waals surface area contributed by atoms with E-state index in [1.54, 1.807) is 0 Å². The summed E-state index contributed by atoms with van der Waals surface area (Å²) in [4.78, 5) is 14.7. The monoisotopic (exact) mass is 351 g/mol. The molecule has 1 atom stereocenters. The summed E-state index contributed by atoms with van der Waals surface area (Å²) in [7, 11) is 0. The van der Waals surface area contributed by atoms with E-state index in [0.717, 1.165) is 36.8 Å². The highest BCUT2D eigenvalue weighted by Crippen LogP contribution is 2.30. The number of benzene rings is 2. The van der Waals surface area contributed by atoms with Crippen molar-refractivity contribution in [2.75, 3.05) is 19.7 Å². The van der Waals surface area contributed by atoms with Gasteiger partial charge in [-0.25, -0.2) is 0 Å². The van der Waals surface area contributed by atoms with Gasteiger partial charge in [0.1, 0.15) is 12.4 Å². The molecule has 2 aromatic rings. The maximum atomic E-state index is 12.8. The molecular weight excluding hydrogens is 326 g/mol. The molecule has 0 spiro atoms. The van der Waals surface area contributed by atoms with Crippen LogP contribution in [0.15, 0.2) is 54.6 Å². The highest BCUT2D eigenvalue weighted by Gasteiger charge is 2.30. The van der Waals surface area contributed by atoms with Crippen LogP contribution in [0.3, 0.4) is 0 Å². The average molecular weight is 351 g/mol. The Morgan fingerprint density at radius 2 is 1.88 bits per heavy atom. The van der Waals surface area contributed by atoms with Gasteiger partial charge in [-0.05, 0) is 48.9 Å². The van der Waals surface area contributed by atoms with Crippen LogP contribution in [-0.4, -0.2) is 36.6 Å². The molecule has 0 N–H and O–H groups in total. The van der Waals surface area contributed by atoms with Crippen molar-refractivity contribution in [1.82, 2.24) is 4.90 Å². The van der Waals surface area contributed by atoms with Crippen molar-refractivity contribution >= 4 is 5.91 Å². The van der Waals surface area contributed by atoms with Crippen LogP contribution in [0, 0.1) is 5.92 Å². The zero-order chi connectivity index (χ0) is 17.8. The van der Waals surface area contributed by atoms with Gasteiger partial charge in [0.25, 0.3) is 5.91 Å². The maximum Gasteiger partial charge on any atom is 0.254 e. The number of hydrogen-bond acceptors (Lipinski definition) is 3. The number of amides is 1. The van der Waals surface area contributed by atoms with Crippen LogP contribution in [0.1, 0.15) is 35.2 Å². The lowest BCUT2D eigenvalue weighted by Gasteiger charge is -2.17. The number of likely N-dealkylation sites (tertiary alicyclic amines) is 1. The zero-order valence-electron chi connectivity index (χ0n) is 15.0. The van der Waals surface area contributed by atoms with E-state index >= 15 is 0 Å². The largest absolute Gasteiger partial charge is 0.489 e. The van der Waals surface area contributed by atoms with Gasteiger partial charge in [0, 0.05) is 25.3 Å². The molecule has 4 nitrogen and oxygen atoms in total. The minimum atomic E-state index is 0.0627. The molecule has 0 aromatic heterocycles. The third-order valence-corrected chi connectivity index (χ3v) is 5.03. The molecule has 1 aliphatic carbocycles. The summed E-state index contributed by atoms with van der Waals surface area (Å²) in [6, 6.07) is 17.5. The van der Waals surface area contributed by atoms with Gasteiger partial charge in [0.05, 0.1) is 6.10 Å². The summed E-state index contributed by atoms with van der Waals surface area (Å²) in [5.41, 5.74) is 1.79. The fraction of sp³-hybridized carbons (Fsp3) is 0.409. The lowest BCUT2D eigenvalue weighted by Crippen LogP contribution is -2.30. The van der Waals surface area contributed by atoms with Gasteiger partial charge in [0.2, 0.25) is 0 Å². The summed E-state index contributed by atoms with van der Waals surface area (Å²) in [5, 5.41) is 0. The van der Waals surface area contributed by atoms with Gasteiger partial charge in [-0.2, -0.15) is 0 Å². The highest BCUT2D eigenvalue weighted by atomic mass is 16.5. The van der Waals surface area contributed by atoms with Crippen molar-refractivity contribution < 1.29 is 14.3 Å². The Balaban J connectivity index is 1.32. The molecule has 1 saturated heterocycles. The van der Waals surface area contributed by atoms with Gasteiger partial charge < -0.3 is 14.4 Å². The maximum absolute atomic E-state index is 12.8. The third kappa shape index (κ3) is 4.44. The van der Waals surface area contributed by atoms with Crippen molar-refractivity contribution in [2.24, 2.45) is 5.92 Å². The van der Waals surface area contributed by atoms with Crippen LogP contribution in [0.4, 0.5) is 0 Å². The molecule has 4 heteroatoms. The quantitative estimate of drug-likeness (QED) is 0.759. The smallest absolute Gasteiger partial charge is 0.254 e. The predicted octanol–water partition coefficient (Wildman–Crippen LogP) is 3.91. The van der Waals surface area contributed by atoms with Gasteiger partial charge >= 0.3 is 0 Å². The molecule has 1 heterocycles. The molecule has 2 aromatic carbocycles. The van der Waals surface area contributed by atoms with Crippen molar-refractivity contribution in [3.63, 3.8) is 0 Å². The van der Waals surface area contributed by atoms with Gasteiger partial charge in [-0.1, -0.05) is 36.4 Å². The second kappa shape index (κ2) is 7.92. The van der Waals surface area contributed by atoms with E-state index in [1.165, 1.54) is 12.8 Å². The van der Waals surface area contributed by atoms with E-state index in [2.05, 4.69) is 0 Å². The second-order valence-corrected chi connectivity index (χ2v) is 7.24. The molecule has 0 bridgehead atoms. The van der Waals surface area contributed by atoms with Crippen LogP contribution in [-0.2, 0) is 11.3 Å².